The first-order valence-electron chi connectivity index (χ1n) is 6.68. The van der Waals surface area contributed by atoms with Crippen molar-refractivity contribution in [3.63, 3.8) is 0 Å². The SMILES string of the molecule is Cc1nc(C)c(C(NN)c2cccc(OC(C)C)c2)s1. The average molecular weight is 291 g/mol. The zero-order chi connectivity index (χ0) is 14.7. The molecule has 1 heterocycles. The molecule has 5 heteroatoms. The molecule has 0 bridgehead atoms. The molecule has 1 atom stereocenters. The van der Waals surface area contributed by atoms with E-state index in [9.17, 15) is 0 Å². The van der Waals surface area contributed by atoms with Crippen molar-refractivity contribution in [2.75, 3.05) is 0 Å². The van der Waals surface area contributed by atoms with Crippen molar-refractivity contribution in [3.05, 3.63) is 45.4 Å². The topological polar surface area (TPSA) is 60.2 Å². The highest BCUT2D eigenvalue weighted by Gasteiger charge is 2.18. The summed E-state index contributed by atoms with van der Waals surface area (Å²) < 4.78 is 5.74. The Bertz CT molecular complexity index is 580. The van der Waals surface area contributed by atoms with Crippen LogP contribution in [0, 0.1) is 13.8 Å². The lowest BCUT2D eigenvalue weighted by molar-refractivity contribution is 0.242. The Kier molecular flexibility index (Phi) is 4.75. The molecule has 4 nitrogen and oxygen atoms in total. The van der Waals surface area contributed by atoms with Gasteiger partial charge in [0.2, 0.25) is 0 Å². The fraction of sp³-hybridized carbons (Fsp3) is 0.400. The molecule has 0 saturated carbocycles. The molecule has 0 aliphatic rings. The van der Waals surface area contributed by atoms with Crippen molar-refractivity contribution < 1.29 is 4.74 Å². The minimum Gasteiger partial charge on any atom is -0.491 e. The van der Waals surface area contributed by atoms with Gasteiger partial charge in [-0.25, -0.2) is 10.4 Å². The van der Waals surface area contributed by atoms with Crippen LogP contribution in [0.25, 0.3) is 0 Å². The fourth-order valence-corrected chi connectivity index (χ4v) is 3.19. The van der Waals surface area contributed by atoms with Gasteiger partial charge in [-0.1, -0.05) is 12.1 Å². The minimum absolute atomic E-state index is 0.0584. The zero-order valence-corrected chi connectivity index (χ0v) is 13.1. The number of aromatic nitrogens is 1. The van der Waals surface area contributed by atoms with E-state index >= 15 is 0 Å². The zero-order valence-electron chi connectivity index (χ0n) is 12.3. The molecular formula is C15H21N3OS. The number of hydrazine groups is 1. The van der Waals surface area contributed by atoms with Gasteiger partial charge in [0.15, 0.2) is 0 Å². The quantitative estimate of drug-likeness (QED) is 0.656. The molecule has 2 aromatic rings. The number of nitrogens with zero attached hydrogens (tertiary/aromatic N) is 1. The van der Waals surface area contributed by atoms with Gasteiger partial charge in [-0.05, 0) is 45.4 Å². The second-order valence-electron chi connectivity index (χ2n) is 5.02. The van der Waals surface area contributed by atoms with Gasteiger partial charge in [-0.3, -0.25) is 5.84 Å². The van der Waals surface area contributed by atoms with E-state index in [4.69, 9.17) is 10.6 Å². The molecule has 108 valence electrons. The highest BCUT2D eigenvalue weighted by atomic mass is 32.1. The van der Waals surface area contributed by atoms with Gasteiger partial charge in [0.25, 0.3) is 0 Å². The summed E-state index contributed by atoms with van der Waals surface area (Å²) in [7, 11) is 0. The Balaban J connectivity index is 2.34. The summed E-state index contributed by atoms with van der Waals surface area (Å²) in [5.74, 6) is 6.61. The van der Waals surface area contributed by atoms with Crippen LogP contribution in [-0.2, 0) is 0 Å². The molecular weight excluding hydrogens is 270 g/mol. The van der Waals surface area contributed by atoms with Crippen LogP contribution in [0.15, 0.2) is 24.3 Å². The van der Waals surface area contributed by atoms with Crippen LogP contribution < -0.4 is 16.0 Å². The molecule has 1 aromatic heterocycles. The van der Waals surface area contributed by atoms with Gasteiger partial charge in [0.1, 0.15) is 5.75 Å². The number of benzene rings is 1. The first-order valence-corrected chi connectivity index (χ1v) is 7.49. The molecule has 0 fully saturated rings. The lowest BCUT2D eigenvalue weighted by Crippen LogP contribution is -2.28. The van der Waals surface area contributed by atoms with Crippen molar-refractivity contribution in [1.29, 1.82) is 0 Å². The molecule has 2 rings (SSSR count). The van der Waals surface area contributed by atoms with E-state index < -0.39 is 0 Å². The Hall–Kier alpha value is -1.43. The van der Waals surface area contributed by atoms with Crippen LogP contribution >= 0.6 is 11.3 Å². The van der Waals surface area contributed by atoms with Crippen LogP contribution in [0.2, 0.25) is 0 Å². The van der Waals surface area contributed by atoms with Crippen molar-refractivity contribution >= 4 is 11.3 Å². The summed E-state index contributed by atoms with van der Waals surface area (Å²) >= 11 is 1.67. The molecule has 20 heavy (non-hydrogen) atoms. The molecule has 3 N–H and O–H groups in total. The lowest BCUT2D eigenvalue weighted by atomic mass is 10.0. The van der Waals surface area contributed by atoms with E-state index in [1.54, 1.807) is 11.3 Å². The third-order valence-electron chi connectivity index (χ3n) is 2.93. The first-order chi connectivity index (χ1) is 9.51. The van der Waals surface area contributed by atoms with Crippen molar-refractivity contribution in [3.8, 4) is 5.75 Å². The van der Waals surface area contributed by atoms with Crippen LogP contribution in [0.4, 0.5) is 0 Å². The highest BCUT2D eigenvalue weighted by Crippen LogP contribution is 2.31. The molecule has 0 radical (unpaired) electrons. The number of thiazole rings is 1. The Morgan fingerprint density at radius 1 is 1.30 bits per heavy atom. The van der Waals surface area contributed by atoms with Gasteiger partial charge in [-0.15, -0.1) is 11.3 Å². The van der Waals surface area contributed by atoms with Gasteiger partial charge in [0.05, 0.1) is 27.7 Å². The molecule has 1 aromatic carbocycles. The first kappa shape index (κ1) is 15.0. The highest BCUT2D eigenvalue weighted by molar-refractivity contribution is 7.11. The van der Waals surface area contributed by atoms with Crippen LogP contribution in [0.1, 0.15) is 41.0 Å². The maximum absolute atomic E-state index is 5.75. The lowest BCUT2D eigenvalue weighted by Gasteiger charge is -2.17. The average Bonchev–Trinajstić information content (AvgIpc) is 2.69. The summed E-state index contributed by atoms with van der Waals surface area (Å²) in [6.07, 6.45) is 0.155. The Labute approximate surface area is 124 Å². The second kappa shape index (κ2) is 6.35. The predicted octanol–water partition coefficient (Wildman–Crippen LogP) is 3.10. The smallest absolute Gasteiger partial charge is 0.120 e. The summed E-state index contributed by atoms with van der Waals surface area (Å²) in [6.45, 7) is 8.05. The van der Waals surface area contributed by atoms with E-state index in [2.05, 4.69) is 10.4 Å². The standard InChI is InChI=1S/C15H21N3OS/c1-9(2)19-13-7-5-6-12(8-13)14(18-16)15-10(3)17-11(4)20-15/h5-9,14,18H,16H2,1-4H3. The molecule has 0 amide bonds. The second-order valence-corrected chi connectivity index (χ2v) is 6.26. The van der Waals surface area contributed by atoms with Crippen molar-refractivity contribution in [2.24, 2.45) is 5.84 Å². The van der Waals surface area contributed by atoms with Crippen molar-refractivity contribution in [2.45, 2.75) is 39.8 Å². The predicted molar refractivity (Wildman–Crippen MR) is 83.0 cm³/mol. The maximum Gasteiger partial charge on any atom is 0.120 e. The van der Waals surface area contributed by atoms with Crippen molar-refractivity contribution in [1.82, 2.24) is 10.4 Å². The minimum atomic E-state index is -0.0584. The van der Waals surface area contributed by atoms with Crippen LogP contribution in [0.5, 0.6) is 5.75 Å². The number of rotatable bonds is 5. The summed E-state index contributed by atoms with van der Waals surface area (Å²) in [6, 6.07) is 7.96. The van der Waals surface area contributed by atoms with E-state index in [1.807, 2.05) is 52.0 Å². The maximum atomic E-state index is 5.75. The van der Waals surface area contributed by atoms with E-state index in [-0.39, 0.29) is 12.1 Å². The third kappa shape index (κ3) is 3.36. The number of hydrogen-bond acceptors (Lipinski definition) is 5. The van der Waals surface area contributed by atoms with Gasteiger partial charge >= 0.3 is 0 Å². The summed E-state index contributed by atoms with van der Waals surface area (Å²) in [5, 5.41) is 1.05. The molecule has 0 aliphatic carbocycles. The van der Waals surface area contributed by atoms with Gasteiger partial charge in [-0.2, -0.15) is 0 Å². The number of aryl methyl sites for hydroxylation is 2. The summed E-state index contributed by atoms with van der Waals surface area (Å²) in [4.78, 5) is 5.61. The normalized spacial score (nSPS) is 12.7. The third-order valence-corrected chi connectivity index (χ3v) is 4.07. The number of nitrogens with one attached hydrogen (secondary N) is 1. The fourth-order valence-electron chi connectivity index (χ4n) is 2.18. The number of hydrogen-bond donors (Lipinski definition) is 2. The molecule has 0 spiro atoms. The number of ether oxygens (including phenoxy) is 1. The molecule has 0 saturated heterocycles. The number of nitrogens with two attached hydrogens (primary N) is 1. The van der Waals surface area contributed by atoms with Gasteiger partial charge < -0.3 is 4.74 Å². The van der Waals surface area contributed by atoms with Crippen LogP contribution in [0.3, 0.4) is 0 Å². The monoisotopic (exact) mass is 291 g/mol. The largest absolute Gasteiger partial charge is 0.491 e. The molecule has 0 aliphatic heterocycles. The Morgan fingerprint density at radius 2 is 2.05 bits per heavy atom. The Morgan fingerprint density at radius 3 is 2.60 bits per heavy atom. The summed E-state index contributed by atoms with van der Waals surface area (Å²) in [5.41, 5.74) is 4.98. The van der Waals surface area contributed by atoms with Gasteiger partial charge in [0, 0.05) is 0 Å². The van der Waals surface area contributed by atoms with E-state index in [0.717, 1.165) is 26.9 Å². The molecule has 1 unspecified atom stereocenters. The van der Waals surface area contributed by atoms with E-state index in [1.165, 1.54) is 0 Å². The van der Waals surface area contributed by atoms with E-state index in [0.29, 0.717) is 0 Å². The van der Waals surface area contributed by atoms with Crippen LogP contribution in [-0.4, -0.2) is 11.1 Å².